The Kier molecular flexibility index (Phi) is 3.70. The Morgan fingerprint density at radius 1 is 1.42 bits per heavy atom. The van der Waals surface area contributed by atoms with E-state index in [4.69, 9.17) is 5.11 Å². The van der Waals surface area contributed by atoms with Crippen LogP contribution in [0.2, 0.25) is 0 Å². The Morgan fingerprint density at radius 2 is 2.16 bits per heavy atom. The molecule has 1 unspecified atom stereocenters. The standard InChI is InChI=1S/C11H17N5O3/c1-3-6(2)16-8-7(9(18)15-11(16)19)13-10(14-8)12-4-5-17/h6,17H,3-5H2,1-2H3,(H2,12,13,14)(H,15,18,19). The van der Waals surface area contributed by atoms with Gasteiger partial charge in [-0.3, -0.25) is 14.3 Å². The summed E-state index contributed by atoms with van der Waals surface area (Å²) >= 11 is 0. The normalized spacial score (nSPS) is 12.8. The van der Waals surface area contributed by atoms with Crippen molar-refractivity contribution in [1.82, 2.24) is 19.5 Å². The monoisotopic (exact) mass is 267 g/mol. The predicted octanol–water partition coefficient (Wildman–Crippen LogP) is -0.212. The average Bonchev–Trinajstić information content (AvgIpc) is 2.80. The Hall–Kier alpha value is -2.09. The highest BCUT2D eigenvalue weighted by molar-refractivity contribution is 5.72. The van der Waals surface area contributed by atoms with E-state index < -0.39 is 11.2 Å². The van der Waals surface area contributed by atoms with Gasteiger partial charge in [0.2, 0.25) is 5.95 Å². The second-order valence-electron chi connectivity index (χ2n) is 4.32. The number of hydrogen-bond donors (Lipinski definition) is 4. The van der Waals surface area contributed by atoms with Crippen LogP contribution in [0.15, 0.2) is 9.59 Å². The van der Waals surface area contributed by atoms with Gasteiger partial charge in [0.15, 0.2) is 11.2 Å². The van der Waals surface area contributed by atoms with Gasteiger partial charge in [-0.2, -0.15) is 4.98 Å². The van der Waals surface area contributed by atoms with Gasteiger partial charge in [-0.15, -0.1) is 0 Å². The predicted molar refractivity (Wildman–Crippen MR) is 71.6 cm³/mol. The van der Waals surface area contributed by atoms with Crippen LogP contribution in [0.25, 0.3) is 11.2 Å². The van der Waals surface area contributed by atoms with Gasteiger partial charge in [0.1, 0.15) is 0 Å². The number of anilines is 1. The summed E-state index contributed by atoms with van der Waals surface area (Å²) in [5.41, 5.74) is -0.389. The highest BCUT2D eigenvalue weighted by Gasteiger charge is 2.15. The molecule has 19 heavy (non-hydrogen) atoms. The number of fused-ring (bicyclic) bond motifs is 1. The Morgan fingerprint density at radius 3 is 2.79 bits per heavy atom. The van der Waals surface area contributed by atoms with Crippen molar-refractivity contribution in [3.05, 3.63) is 20.8 Å². The minimum absolute atomic E-state index is 0.0500. The number of H-pyrrole nitrogens is 2. The minimum Gasteiger partial charge on any atom is -0.395 e. The zero-order chi connectivity index (χ0) is 14.0. The van der Waals surface area contributed by atoms with Crippen molar-refractivity contribution in [2.24, 2.45) is 0 Å². The lowest BCUT2D eigenvalue weighted by Crippen LogP contribution is -2.32. The van der Waals surface area contributed by atoms with E-state index in [1.165, 1.54) is 4.57 Å². The van der Waals surface area contributed by atoms with E-state index >= 15 is 0 Å². The Balaban J connectivity index is 2.64. The van der Waals surface area contributed by atoms with Crippen molar-refractivity contribution in [2.45, 2.75) is 26.3 Å². The molecule has 8 nitrogen and oxygen atoms in total. The van der Waals surface area contributed by atoms with E-state index in [1.54, 1.807) is 0 Å². The van der Waals surface area contributed by atoms with E-state index in [-0.39, 0.29) is 18.2 Å². The number of imidazole rings is 1. The summed E-state index contributed by atoms with van der Waals surface area (Å²) in [7, 11) is 0. The molecule has 0 saturated carbocycles. The van der Waals surface area contributed by atoms with Crippen LogP contribution in [0, 0.1) is 0 Å². The van der Waals surface area contributed by atoms with Gasteiger partial charge in [-0.1, -0.05) is 6.92 Å². The molecule has 0 saturated heterocycles. The fourth-order valence-electron chi connectivity index (χ4n) is 1.86. The average molecular weight is 267 g/mol. The van der Waals surface area contributed by atoms with E-state index in [1.807, 2.05) is 13.8 Å². The molecule has 8 heteroatoms. The summed E-state index contributed by atoms with van der Waals surface area (Å²) in [6, 6.07) is -0.0687. The molecule has 0 fully saturated rings. The number of aliphatic hydroxyl groups excluding tert-OH is 1. The molecule has 2 rings (SSSR count). The van der Waals surface area contributed by atoms with Crippen LogP contribution in [0.5, 0.6) is 0 Å². The molecule has 0 aromatic carbocycles. The quantitative estimate of drug-likeness (QED) is 0.598. The lowest BCUT2D eigenvalue weighted by molar-refractivity contribution is 0.311. The van der Waals surface area contributed by atoms with Crippen molar-refractivity contribution in [3.8, 4) is 0 Å². The van der Waals surface area contributed by atoms with E-state index in [9.17, 15) is 9.59 Å². The summed E-state index contributed by atoms with van der Waals surface area (Å²) < 4.78 is 1.46. The number of rotatable bonds is 5. The molecule has 1 atom stereocenters. The molecular weight excluding hydrogens is 250 g/mol. The van der Waals surface area contributed by atoms with Crippen LogP contribution >= 0.6 is 0 Å². The molecule has 104 valence electrons. The summed E-state index contributed by atoms with van der Waals surface area (Å²) in [6.07, 6.45) is 0.743. The molecule has 2 aromatic rings. The van der Waals surface area contributed by atoms with Crippen molar-refractivity contribution in [3.63, 3.8) is 0 Å². The number of hydrogen-bond acceptors (Lipinski definition) is 5. The zero-order valence-corrected chi connectivity index (χ0v) is 10.9. The fraction of sp³-hybridized carbons (Fsp3) is 0.545. The molecule has 0 bridgehead atoms. The molecule has 2 heterocycles. The molecule has 0 amide bonds. The molecule has 4 N–H and O–H groups in total. The number of nitrogens with one attached hydrogen (secondary N) is 3. The highest BCUT2D eigenvalue weighted by Crippen LogP contribution is 2.14. The van der Waals surface area contributed by atoms with Crippen LogP contribution in [0.4, 0.5) is 5.95 Å². The van der Waals surface area contributed by atoms with Gasteiger partial charge < -0.3 is 15.4 Å². The maximum atomic E-state index is 11.9. The first-order chi connectivity index (χ1) is 9.08. The van der Waals surface area contributed by atoms with Crippen LogP contribution in [0.1, 0.15) is 26.3 Å². The van der Waals surface area contributed by atoms with Crippen molar-refractivity contribution >= 4 is 17.1 Å². The molecule has 0 aliphatic rings. The van der Waals surface area contributed by atoms with Gasteiger partial charge in [-0.25, -0.2) is 4.79 Å². The summed E-state index contributed by atoms with van der Waals surface area (Å²) in [5, 5.41) is 11.6. The van der Waals surface area contributed by atoms with Gasteiger partial charge in [0.05, 0.1) is 6.61 Å². The topological polar surface area (TPSA) is 116 Å². The van der Waals surface area contributed by atoms with E-state index in [0.29, 0.717) is 18.1 Å². The molecule has 0 aliphatic heterocycles. The summed E-state index contributed by atoms with van der Waals surface area (Å²) in [6.45, 7) is 4.09. The SMILES string of the molecule is CCC(C)n1c(=O)[nH]c(=O)c2[nH]c(NCCO)nc21. The third kappa shape index (κ3) is 2.39. The lowest BCUT2D eigenvalue weighted by Gasteiger charge is -2.12. The van der Waals surface area contributed by atoms with Crippen molar-refractivity contribution < 1.29 is 5.11 Å². The van der Waals surface area contributed by atoms with Gasteiger partial charge in [0.25, 0.3) is 5.56 Å². The van der Waals surface area contributed by atoms with Gasteiger partial charge >= 0.3 is 5.69 Å². The van der Waals surface area contributed by atoms with Crippen LogP contribution in [0.3, 0.4) is 0 Å². The Labute approximate surface area is 108 Å². The zero-order valence-electron chi connectivity index (χ0n) is 10.9. The number of aliphatic hydroxyl groups is 1. The maximum Gasteiger partial charge on any atom is 0.330 e. The number of aromatic nitrogens is 4. The highest BCUT2D eigenvalue weighted by atomic mass is 16.3. The first-order valence-corrected chi connectivity index (χ1v) is 6.17. The van der Waals surface area contributed by atoms with Gasteiger partial charge in [0, 0.05) is 12.6 Å². The van der Waals surface area contributed by atoms with Crippen LogP contribution < -0.4 is 16.6 Å². The number of nitrogens with zero attached hydrogens (tertiary/aromatic N) is 2. The third-order valence-electron chi connectivity index (χ3n) is 3.02. The molecular formula is C11H17N5O3. The number of aromatic amines is 2. The lowest BCUT2D eigenvalue weighted by atomic mass is 10.2. The second kappa shape index (κ2) is 5.27. The van der Waals surface area contributed by atoms with E-state index in [0.717, 1.165) is 6.42 Å². The molecule has 0 aliphatic carbocycles. The Bertz CT molecular complexity index is 684. The fourth-order valence-corrected chi connectivity index (χ4v) is 1.86. The molecule has 0 spiro atoms. The van der Waals surface area contributed by atoms with Crippen LogP contribution in [-0.2, 0) is 0 Å². The molecule has 0 radical (unpaired) electrons. The second-order valence-corrected chi connectivity index (χ2v) is 4.32. The third-order valence-corrected chi connectivity index (χ3v) is 3.02. The van der Waals surface area contributed by atoms with Crippen LogP contribution in [-0.4, -0.2) is 37.8 Å². The van der Waals surface area contributed by atoms with Crippen molar-refractivity contribution in [2.75, 3.05) is 18.5 Å². The maximum absolute atomic E-state index is 11.9. The van der Waals surface area contributed by atoms with Crippen molar-refractivity contribution in [1.29, 1.82) is 0 Å². The van der Waals surface area contributed by atoms with E-state index in [2.05, 4.69) is 20.3 Å². The summed E-state index contributed by atoms with van der Waals surface area (Å²) in [5.74, 6) is 0.359. The van der Waals surface area contributed by atoms with Gasteiger partial charge in [-0.05, 0) is 13.3 Å². The first-order valence-electron chi connectivity index (χ1n) is 6.17. The largest absolute Gasteiger partial charge is 0.395 e. The smallest absolute Gasteiger partial charge is 0.330 e. The summed E-state index contributed by atoms with van der Waals surface area (Å²) in [4.78, 5) is 32.9. The molecule has 2 aromatic heterocycles. The minimum atomic E-state index is -0.496. The first kappa shape index (κ1) is 13.3.